The van der Waals surface area contributed by atoms with Gasteiger partial charge in [0.1, 0.15) is 5.82 Å². The molecule has 1 aliphatic heterocycles. The van der Waals surface area contributed by atoms with Gasteiger partial charge in [-0.15, -0.1) is 0 Å². The molecule has 1 saturated heterocycles. The Labute approximate surface area is 83.6 Å². The van der Waals surface area contributed by atoms with Crippen molar-refractivity contribution in [3.05, 3.63) is 12.3 Å². The van der Waals surface area contributed by atoms with Crippen molar-refractivity contribution in [2.45, 2.75) is 12.8 Å². The van der Waals surface area contributed by atoms with Gasteiger partial charge in [-0.25, -0.2) is 4.98 Å². The quantitative estimate of drug-likeness (QED) is 0.674. The first-order chi connectivity index (χ1) is 6.86. The van der Waals surface area contributed by atoms with Crippen molar-refractivity contribution in [3.8, 4) is 0 Å². The lowest BCUT2D eigenvalue weighted by molar-refractivity contribution is 0.399. The molecule has 78 valence electrons. The van der Waals surface area contributed by atoms with Crippen molar-refractivity contribution >= 4 is 11.8 Å². The van der Waals surface area contributed by atoms with Crippen molar-refractivity contribution in [1.82, 2.24) is 9.97 Å². The summed E-state index contributed by atoms with van der Waals surface area (Å²) < 4.78 is 0. The molecular formula is C9H16N4O. The lowest BCUT2D eigenvalue weighted by atomic mass is 10.4. The topological polar surface area (TPSA) is 75.3 Å². The monoisotopic (exact) mass is 196 g/mol. The Kier molecular flexibility index (Phi) is 4.12. The fraction of sp³-hybridized carbons (Fsp3) is 0.556. The molecule has 0 spiro atoms. The van der Waals surface area contributed by atoms with Crippen molar-refractivity contribution in [3.63, 3.8) is 0 Å². The Balaban J connectivity index is 0.000000461. The molecular weight excluding hydrogens is 180 g/mol. The largest absolute Gasteiger partial charge is 0.400 e. The van der Waals surface area contributed by atoms with E-state index in [1.54, 1.807) is 6.20 Å². The normalized spacial score (nSPS) is 14.9. The summed E-state index contributed by atoms with van der Waals surface area (Å²) >= 11 is 0. The second-order valence-electron chi connectivity index (χ2n) is 2.97. The lowest BCUT2D eigenvalue weighted by Crippen LogP contribution is -2.19. The number of nitrogen functional groups attached to an aromatic ring is 1. The standard InChI is InChI=1S/C8H12N4.CH4O/c9-8-10-4-3-7(11-8)12-5-1-2-6-12;1-2/h3-4H,1-2,5-6H2,(H2,9,10,11);2H,1H3. The van der Waals surface area contributed by atoms with Gasteiger partial charge in [-0.2, -0.15) is 4.98 Å². The van der Waals surface area contributed by atoms with Crippen LogP contribution in [0.15, 0.2) is 12.3 Å². The zero-order chi connectivity index (χ0) is 10.4. The van der Waals surface area contributed by atoms with Crippen LogP contribution in [0.3, 0.4) is 0 Å². The summed E-state index contributed by atoms with van der Waals surface area (Å²) in [6.45, 7) is 2.19. The van der Waals surface area contributed by atoms with Crippen LogP contribution in [0.4, 0.5) is 11.8 Å². The Morgan fingerprint density at radius 2 is 2.00 bits per heavy atom. The van der Waals surface area contributed by atoms with E-state index in [0.29, 0.717) is 5.95 Å². The highest BCUT2D eigenvalue weighted by Gasteiger charge is 2.12. The van der Waals surface area contributed by atoms with Gasteiger partial charge < -0.3 is 15.7 Å². The zero-order valence-electron chi connectivity index (χ0n) is 8.35. The fourth-order valence-electron chi connectivity index (χ4n) is 1.49. The number of nitrogens with zero attached hydrogens (tertiary/aromatic N) is 3. The molecule has 14 heavy (non-hydrogen) atoms. The summed E-state index contributed by atoms with van der Waals surface area (Å²) in [5.74, 6) is 1.32. The van der Waals surface area contributed by atoms with E-state index in [4.69, 9.17) is 10.8 Å². The minimum atomic E-state index is 0.361. The Morgan fingerprint density at radius 1 is 1.36 bits per heavy atom. The Morgan fingerprint density at radius 3 is 2.57 bits per heavy atom. The molecule has 0 amide bonds. The van der Waals surface area contributed by atoms with Crippen LogP contribution in [0.5, 0.6) is 0 Å². The summed E-state index contributed by atoms with van der Waals surface area (Å²) in [7, 11) is 1.00. The number of hydrogen-bond donors (Lipinski definition) is 2. The number of hydrogen-bond acceptors (Lipinski definition) is 5. The second kappa shape index (κ2) is 5.39. The molecule has 5 heteroatoms. The van der Waals surface area contributed by atoms with E-state index in [1.807, 2.05) is 6.07 Å². The molecule has 1 fully saturated rings. The van der Waals surface area contributed by atoms with E-state index < -0.39 is 0 Å². The van der Waals surface area contributed by atoms with Crippen LogP contribution < -0.4 is 10.6 Å². The molecule has 0 aromatic carbocycles. The number of aliphatic hydroxyl groups is 1. The highest BCUT2D eigenvalue weighted by Crippen LogP contribution is 2.16. The third-order valence-corrected chi connectivity index (χ3v) is 2.09. The maximum absolute atomic E-state index is 7.00. The van der Waals surface area contributed by atoms with Gasteiger partial charge in [0.05, 0.1) is 0 Å². The van der Waals surface area contributed by atoms with Crippen LogP contribution in [0.1, 0.15) is 12.8 Å². The molecule has 0 aliphatic carbocycles. The van der Waals surface area contributed by atoms with Crippen LogP contribution in [0.25, 0.3) is 0 Å². The lowest BCUT2D eigenvalue weighted by Gasteiger charge is -2.15. The van der Waals surface area contributed by atoms with Crippen LogP contribution in [0, 0.1) is 0 Å². The van der Waals surface area contributed by atoms with Gasteiger partial charge in [0, 0.05) is 26.4 Å². The summed E-state index contributed by atoms with van der Waals surface area (Å²) in [6.07, 6.45) is 4.21. The van der Waals surface area contributed by atoms with E-state index >= 15 is 0 Å². The van der Waals surface area contributed by atoms with Crippen molar-refractivity contribution < 1.29 is 5.11 Å². The van der Waals surface area contributed by atoms with Gasteiger partial charge in [0.25, 0.3) is 0 Å². The average Bonchev–Trinajstić information content (AvgIpc) is 2.74. The molecule has 5 nitrogen and oxygen atoms in total. The number of rotatable bonds is 1. The summed E-state index contributed by atoms with van der Waals surface area (Å²) in [5, 5.41) is 7.00. The molecule has 0 atom stereocenters. The first-order valence-electron chi connectivity index (χ1n) is 4.64. The van der Waals surface area contributed by atoms with Crippen LogP contribution in [0.2, 0.25) is 0 Å². The third-order valence-electron chi connectivity index (χ3n) is 2.09. The maximum Gasteiger partial charge on any atom is 0.221 e. The van der Waals surface area contributed by atoms with Gasteiger partial charge in [-0.3, -0.25) is 0 Å². The summed E-state index contributed by atoms with van der Waals surface area (Å²) in [6, 6.07) is 1.90. The molecule has 3 N–H and O–H groups in total. The molecule has 0 saturated carbocycles. The predicted octanol–water partition coefficient (Wildman–Crippen LogP) is 0.267. The van der Waals surface area contributed by atoms with Gasteiger partial charge in [-0.1, -0.05) is 0 Å². The minimum absolute atomic E-state index is 0.361. The second-order valence-corrected chi connectivity index (χ2v) is 2.97. The van der Waals surface area contributed by atoms with Crippen LogP contribution in [-0.4, -0.2) is 35.3 Å². The Hall–Kier alpha value is -1.36. The molecule has 1 aliphatic rings. The highest BCUT2D eigenvalue weighted by atomic mass is 16.2. The smallest absolute Gasteiger partial charge is 0.221 e. The fourth-order valence-corrected chi connectivity index (χ4v) is 1.49. The average molecular weight is 196 g/mol. The molecule has 1 aromatic heterocycles. The van der Waals surface area contributed by atoms with E-state index in [2.05, 4.69) is 14.9 Å². The van der Waals surface area contributed by atoms with Gasteiger partial charge in [0.15, 0.2) is 0 Å². The van der Waals surface area contributed by atoms with Crippen molar-refractivity contribution in [2.24, 2.45) is 0 Å². The first kappa shape index (κ1) is 10.7. The SMILES string of the molecule is CO.Nc1nccc(N2CCCC2)n1. The van der Waals surface area contributed by atoms with E-state index in [-0.39, 0.29) is 0 Å². The number of aromatic nitrogens is 2. The van der Waals surface area contributed by atoms with E-state index in [9.17, 15) is 0 Å². The van der Waals surface area contributed by atoms with Gasteiger partial charge >= 0.3 is 0 Å². The third kappa shape index (κ3) is 2.56. The molecule has 2 rings (SSSR count). The number of nitrogens with two attached hydrogens (primary N) is 1. The first-order valence-corrected chi connectivity index (χ1v) is 4.64. The molecule has 0 bridgehead atoms. The number of aliphatic hydroxyl groups excluding tert-OH is 1. The summed E-state index contributed by atoms with van der Waals surface area (Å²) in [5.41, 5.74) is 5.48. The number of anilines is 2. The maximum atomic E-state index is 7.00. The molecule has 0 unspecified atom stereocenters. The zero-order valence-corrected chi connectivity index (χ0v) is 8.35. The highest BCUT2D eigenvalue weighted by molar-refractivity contribution is 5.41. The Bertz CT molecular complexity index is 273. The van der Waals surface area contributed by atoms with Crippen molar-refractivity contribution in [2.75, 3.05) is 30.8 Å². The predicted molar refractivity (Wildman–Crippen MR) is 56.0 cm³/mol. The van der Waals surface area contributed by atoms with E-state index in [1.165, 1.54) is 12.8 Å². The molecule has 1 aromatic rings. The van der Waals surface area contributed by atoms with E-state index in [0.717, 1.165) is 26.0 Å². The van der Waals surface area contributed by atoms with Gasteiger partial charge in [0.2, 0.25) is 5.95 Å². The molecule has 2 heterocycles. The van der Waals surface area contributed by atoms with Crippen molar-refractivity contribution in [1.29, 1.82) is 0 Å². The minimum Gasteiger partial charge on any atom is -0.400 e. The van der Waals surface area contributed by atoms with Gasteiger partial charge in [-0.05, 0) is 18.9 Å². The van der Waals surface area contributed by atoms with Crippen LogP contribution in [-0.2, 0) is 0 Å². The molecule has 0 radical (unpaired) electrons. The summed E-state index contributed by atoms with van der Waals surface area (Å²) in [4.78, 5) is 10.2. The van der Waals surface area contributed by atoms with Crippen LogP contribution >= 0.6 is 0 Å².